The quantitative estimate of drug-likeness (QED) is 0.327. The Morgan fingerprint density at radius 2 is 1.62 bits per heavy atom. The Morgan fingerprint density at radius 1 is 0.938 bits per heavy atom. The fourth-order valence-electron chi connectivity index (χ4n) is 4.12. The van der Waals surface area contributed by atoms with E-state index in [0.717, 1.165) is 51.7 Å². The lowest BCUT2D eigenvalue weighted by molar-refractivity contribution is 0.102. The predicted molar refractivity (Wildman–Crippen MR) is 135 cm³/mol. The molecule has 0 saturated carbocycles. The third kappa shape index (κ3) is 4.11. The van der Waals surface area contributed by atoms with E-state index < -0.39 is 0 Å². The van der Waals surface area contributed by atoms with Crippen LogP contribution in [0.5, 0.6) is 0 Å². The van der Waals surface area contributed by atoms with E-state index in [2.05, 4.69) is 31.3 Å². The molecule has 0 aliphatic rings. The lowest BCUT2D eigenvalue weighted by atomic mass is 9.96. The summed E-state index contributed by atoms with van der Waals surface area (Å²) in [5.74, 6) is -0.150. The standard InChI is InChI=1S/C27H24Cl2N2O/c1-4-17-9-8-10-18(5-2)26(17)31-27(32)24-16(3)25(20-14-13-19(28)15-22(20)29)30-23-12-7-6-11-21(23)24/h6-15H,4-5H2,1-3H3,(H,31,32). The monoisotopic (exact) mass is 462 g/mol. The maximum absolute atomic E-state index is 13.7. The van der Waals surface area contributed by atoms with Gasteiger partial charge in [0, 0.05) is 21.7 Å². The Kier molecular flexibility index (Phi) is 6.50. The highest BCUT2D eigenvalue weighted by atomic mass is 35.5. The lowest BCUT2D eigenvalue weighted by Gasteiger charge is -2.18. The number of aryl methyl sites for hydroxylation is 2. The summed E-state index contributed by atoms with van der Waals surface area (Å²) in [5.41, 5.74) is 6.68. The van der Waals surface area contributed by atoms with E-state index in [-0.39, 0.29) is 5.91 Å². The van der Waals surface area contributed by atoms with E-state index in [4.69, 9.17) is 28.2 Å². The van der Waals surface area contributed by atoms with Crippen LogP contribution in [0.1, 0.15) is 40.9 Å². The molecule has 3 aromatic carbocycles. The minimum atomic E-state index is -0.150. The first-order chi connectivity index (χ1) is 15.4. The number of carbonyl (C=O) groups is 1. The minimum Gasteiger partial charge on any atom is -0.321 e. The Labute approximate surface area is 198 Å². The maximum Gasteiger partial charge on any atom is 0.256 e. The van der Waals surface area contributed by atoms with E-state index in [9.17, 15) is 4.79 Å². The number of nitrogens with one attached hydrogen (secondary N) is 1. The van der Waals surface area contributed by atoms with Gasteiger partial charge in [0.25, 0.3) is 5.91 Å². The maximum atomic E-state index is 13.7. The largest absolute Gasteiger partial charge is 0.321 e. The third-order valence-corrected chi connectivity index (χ3v) is 6.33. The van der Waals surface area contributed by atoms with Gasteiger partial charge in [0.1, 0.15) is 0 Å². The molecule has 4 rings (SSSR count). The Hall–Kier alpha value is -2.88. The number of aromatic nitrogens is 1. The zero-order chi connectivity index (χ0) is 22.8. The molecule has 0 saturated heterocycles. The van der Waals surface area contributed by atoms with Gasteiger partial charge in [-0.05, 0) is 60.7 Å². The highest BCUT2D eigenvalue weighted by molar-refractivity contribution is 6.36. The SMILES string of the molecule is CCc1cccc(CC)c1NC(=O)c1c(C)c(-c2ccc(Cl)cc2Cl)nc2ccccc12. The van der Waals surface area contributed by atoms with Crippen LogP contribution in [0, 0.1) is 6.92 Å². The predicted octanol–water partition coefficient (Wildman–Crippen LogP) is 7.89. The Balaban J connectivity index is 1.91. The van der Waals surface area contributed by atoms with Gasteiger partial charge in [-0.15, -0.1) is 0 Å². The number of benzene rings is 3. The molecule has 0 aliphatic carbocycles. The molecule has 0 radical (unpaired) electrons. The first-order valence-corrected chi connectivity index (χ1v) is 11.5. The summed E-state index contributed by atoms with van der Waals surface area (Å²) in [7, 11) is 0. The normalized spacial score (nSPS) is 11.0. The average Bonchev–Trinajstić information content (AvgIpc) is 2.79. The van der Waals surface area contributed by atoms with E-state index in [1.165, 1.54) is 0 Å². The number of anilines is 1. The first kappa shape index (κ1) is 22.3. The van der Waals surface area contributed by atoms with Crippen LogP contribution in [-0.2, 0) is 12.8 Å². The number of rotatable bonds is 5. The minimum absolute atomic E-state index is 0.150. The van der Waals surface area contributed by atoms with Crippen molar-refractivity contribution in [1.82, 2.24) is 4.98 Å². The second-order valence-corrected chi connectivity index (χ2v) is 8.56. The number of carbonyl (C=O) groups excluding carboxylic acids is 1. The molecule has 32 heavy (non-hydrogen) atoms. The van der Waals surface area contributed by atoms with Gasteiger partial charge in [-0.25, -0.2) is 4.98 Å². The Bertz CT molecular complexity index is 1310. The summed E-state index contributed by atoms with van der Waals surface area (Å²) in [6.45, 7) is 6.11. The molecule has 162 valence electrons. The zero-order valence-corrected chi connectivity index (χ0v) is 19.8. The lowest BCUT2D eigenvalue weighted by Crippen LogP contribution is -2.17. The molecule has 1 aromatic heterocycles. The smallest absolute Gasteiger partial charge is 0.256 e. The topological polar surface area (TPSA) is 42.0 Å². The number of para-hydroxylation sites is 2. The molecule has 0 aliphatic heterocycles. The number of halogens is 2. The molecule has 0 fully saturated rings. The summed E-state index contributed by atoms with van der Waals surface area (Å²) in [6, 6.07) is 19.2. The summed E-state index contributed by atoms with van der Waals surface area (Å²) in [6.07, 6.45) is 1.68. The number of nitrogens with zero attached hydrogens (tertiary/aromatic N) is 1. The van der Waals surface area contributed by atoms with Gasteiger partial charge in [-0.1, -0.05) is 73.4 Å². The number of amides is 1. The summed E-state index contributed by atoms with van der Waals surface area (Å²) < 4.78 is 0. The molecular weight excluding hydrogens is 439 g/mol. The summed E-state index contributed by atoms with van der Waals surface area (Å²) >= 11 is 12.6. The van der Waals surface area contributed by atoms with Crippen molar-refractivity contribution in [3.05, 3.63) is 93.0 Å². The van der Waals surface area contributed by atoms with Crippen LogP contribution in [0.3, 0.4) is 0 Å². The van der Waals surface area contributed by atoms with E-state index in [1.807, 2.05) is 43.3 Å². The van der Waals surface area contributed by atoms with E-state index in [1.54, 1.807) is 12.1 Å². The number of hydrogen-bond acceptors (Lipinski definition) is 2. The molecule has 5 heteroatoms. The molecule has 4 aromatic rings. The van der Waals surface area contributed by atoms with Crippen molar-refractivity contribution in [3.63, 3.8) is 0 Å². The molecule has 0 unspecified atom stereocenters. The van der Waals surface area contributed by atoms with Crippen LogP contribution >= 0.6 is 23.2 Å². The van der Waals surface area contributed by atoms with Crippen LogP contribution < -0.4 is 5.32 Å². The Morgan fingerprint density at radius 3 is 2.28 bits per heavy atom. The molecule has 1 N–H and O–H groups in total. The van der Waals surface area contributed by atoms with Gasteiger partial charge < -0.3 is 5.32 Å². The molecule has 1 amide bonds. The number of hydrogen-bond donors (Lipinski definition) is 1. The molecule has 1 heterocycles. The number of fused-ring (bicyclic) bond motifs is 1. The fraction of sp³-hybridized carbons (Fsp3) is 0.185. The van der Waals surface area contributed by atoms with Gasteiger partial charge in [-0.3, -0.25) is 4.79 Å². The van der Waals surface area contributed by atoms with Crippen molar-refractivity contribution >= 4 is 45.7 Å². The van der Waals surface area contributed by atoms with Crippen LogP contribution in [0.15, 0.2) is 60.7 Å². The molecular formula is C27H24Cl2N2O. The summed E-state index contributed by atoms with van der Waals surface area (Å²) in [5, 5.41) is 5.07. The van der Waals surface area contributed by atoms with Crippen molar-refractivity contribution in [2.24, 2.45) is 0 Å². The van der Waals surface area contributed by atoms with Crippen LogP contribution in [0.25, 0.3) is 22.2 Å². The molecule has 0 bridgehead atoms. The van der Waals surface area contributed by atoms with E-state index in [0.29, 0.717) is 21.3 Å². The second kappa shape index (κ2) is 9.32. The second-order valence-electron chi connectivity index (χ2n) is 7.71. The average molecular weight is 463 g/mol. The highest BCUT2D eigenvalue weighted by Gasteiger charge is 2.21. The van der Waals surface area contributed by atoms with Crippen molar-refractivity contribution in [2.45, 2.75) is 33.6 Å². The molecule has 3 nitrogen and oxygen atoms in total. The molecule has 0 spiro atoms. The fourth-order valence-corrected chi connectivity index (χ4v) is 4.62. The number of pyridine rings is 1. The molecule has 0 atom stereocenters. The van der Waals surface area contributed by atoms with E-state index >= 15 is 0 Å². The van der Waals surface area contributed by atoms with Crippen LogP contribution in [0.2, 0.25) is 10.0 Å². The zero-order valence-electron chi connectivity index (χ0n) is 18.3. The van der Waals surface area contributed by atoms with Crippen LogP contribution in [-0.4, -0.2) is 10.9 Å². The van der Waals surface area contributed by atoms with Crippen molar-refractivity contribution in [2.75, 3.05) is 5.32 Å². The summed E-state index contributed by atoms with van der Waals surface area (Å²) in [4.78, 5) is 18.6. The van der Waals surface area contributed by atoms with Crippen molar-refractivity contribution in [1.29, 1.82) is 0 Å². The highest BCUT2D eigenvalue weighted by Crippen LogP contribution is 2.35. The van der Waals surface area contributed by atoms with Gasteiger partial charge in [-0.2, -0.15) is 0 Å². The van der Waals surface area contributed by atoms with Gasteiger partial charge >= 0.3 is 0 Å². The van der Waals surface area contributed by atoms with Gasteiger partial charge in [0.2, 0.25) is 0 Å². The first-order valence-electron chi connectivity index (χ1n) is 10.7. The van der Waals surface area contributed by atoms with Gasteiger partial charge in [0.15, 0.2) is 0 Å². The van der Waals surface area contributed by atoms with Crippen molar-refractivity contribution in [3.8, 4) is 11.3 Å². The van der Waals surface area contributed by atoms with Gasteiger partial charge in [0.05, 0.1) is 21.8 Å². The van der Waals surface area contributed by atoms with Crippen molar-refractivity contribution < 1.29 is 4.79 Å². The van der Waals surface area contributed by atoms with Crippen LogP contribution in [0.4, 0.5) is 5.69 Å². The third-order valence-electron chi connectivity index (χ3n) is 5.79.